The van der Waals surface area contributed by atoms with E-state index < -0.39 is 0 Å². The van der Waals surface area contributed by atoms with Crippen LogP contribution in [0.3, 0.4) is 0 Å². The lowest BCUT2D eigenvalue weighted by molar-refractivity contribution is 0.342. The number of nitrogen functional groups attached to an aromatic ring is 1. The highest BCUT2D eigenvalue weighted by Gasteiger charge is 2.06. The highest BCUT2D eigenvalue weighted by Crippen LogP contribution is 2.29. The molecule has 0 fully saturated rings. The fraction of sp³-hybridized carbons (Fsp3) is 0.154. The van der Waals surface area contributed by atoms with E-state index >= 15 is 0 Å². The van der Waals surface area contributed by atoms with E-state index in [2.05, 4.69) is 10.3 Å². The van der Waals surface area contributed by atoms with Crippen LogP contribution in [0.5, 0.6) is 5.75 Å². The van der Waals surface area contributed by atoms with Crippen LogP contribution < -0.4 is 15.8 Å². The number of benzene rings is 1. The summed E-state index contributed by atoms with van der Waals surface area (Å²) in [4.78, 5) is 4.14. The number of rotatable bonds is 4. The molecular weight excluding hydrogens is 250 g/mol. The SMILES string of the molecule is CCOc1ccccc1Nc1nc(Cl)ccc1N. The molecule has 18 heavy (non-hydrogen) atoms. The van der Waals surface area contributed by atoms with Gasteiger partial charge in [0.05, 0.1) is 18.0 Å². The molecular formula is C13H14ClN3O. The van der Waals surface area contributed by atoms with Gasteiger partial charge >= 0.3 is 0 Å². The highest BCUT2D eigenvalue weighted by atomic mass is 35.5. The molecule has 0 spiro atoms. The molecule has 2 aromatic rings. The van der Waals surface area contributed by atoms with E-state index in [1.54, 1.807) is 12.1 Å². The average molecular weight is 264 g/mol. The predicted octanol–water partition coefficient (Wildman–Crippen LogP) is 3.46. The zero-order chi connectivity index (χ0) is 13.0. The van der Waals surface area contributed by atoms with Crippen molar-refractivity contribution in [2.24, 2.45) is 0 Å². The third-order valence-corrected chi connectivity index (χ3v) is 2.54. The summed E-state index contributed by atoms with van der Waals surface area (Å²) in [5.74, 6) is 1.27. The number of anilines is 3. The van der Waals surface area contributed by atoms with Crippen LogP contribution in [0.2, 0.25) is 5.15 Å². The van der Waals surface area contributed by atoms with Crippen molar-refractivity contribution in [2.45, 2.75) is 6.92 Å². The minimum Gasteiger partial charge on any atom is -0.492 e. The number of hydrogen-bond acceptors (Lipinski definition) is 4. The van der Waals surface area contributed by atoms with E-state index in [9.17, 15) is 0 Å². The van der Waals surface area contributed by atoms with Gasteiger partial charge in [0.2, 0.25) is 0 Å². The first-order valence-corrected chi connectivity index (χ1v) is 5.99. The number of hydrogen-bond donors (Lipinski definition) is 2. The maximum Gasteiger partial charge on any atom is 0.155 e. The zero-order valence-corrected chi connectivity index (χ0v) is 10.7. The van der Waals surface area contributed by atoms with E-state index in [1.165, 1.54) is 0 Å². The van der Waals surface area contributed by atoms with Crippen molar-refractivity contribution in [3.8, 4) is 5.75 Å². The van der Waals surface area contributed by atoms with Crippen LogP contribution in [-0.4, -0.2) is 11.6 Å². The second-order valence-electron chi connectivity index (χ2n) is 3.63. The van der Waals surface area contributed by atoms with Gasteiger partial charge in [-0.05, 0) is 31.2 Å². The Morgan fingerprint density at radius 2 is 2.06 bits per heavy atom. The molecule has 0 bridgehead atoms. The summed E-state index contributed by atoms with van der Waals surface area (Å²) in [6.07, 6.45) is 0. The zero-order valence-electron chi connectivity index (χ0n) is 9.98. The second kappa shape index (κ2) is 5.60. The van der Waals surface area contributed by atoms with Gasteiger partial charge in [-0.25, -0.2) is 4.98 Å². The fourth-order valence-corrected chi connectivity index (χ4v) is 1.67. The molecule has 0 saturated carbocycles. The maximum absolute atomic E-state index is 5.85. The molecule has 5 heteroatoms. The molecule has 0 aliphatic heterocycles. The van der Waals surface area contributed by atoms with Crippen LogP contribution in [0.1, 0.15) is 6.92 Å². The van der Waals surface area contributed by atoms with Crippen molar-refractivity contribution in [1.82, 2.24) is 4.98 Å². The summed E-state index contributed by atoms with van der Waals surface area (Å²) >= 11 is 5.85. The van der Waals surface area contributed by atoms with Crippen molar-refractivity contribution < 1.29 is 4.74 Å². The van der Waals surface area contributed by atoms with Crippen LogP contribution >= 0.6 is 11.6 Å². The number of nitrogens with two attached hydrogens (primary N) is 1. The van der Waals surface area contributed by atoms with Gasteiger partial charge in [0.15, 0.2) is 5.82 Å². The van der Waals surface area contributed by atoms with Crippen LogP contribution in [0.15, 0.2) is 36.4 Å². The number of pyridine rings is 1. The Labute approximate surface area is 111 Å². The predicted molar refractivity (Wildman–Crippen MR) is 74.6 cm³/mol. The number of para-hydroxylation sites is 2. The van der Waals surface area contributed by atoms with E-state index in [4.69, 9.17) is 22.1 Å². The number of aromatic nitrogens is 1. The summed E-state index contributed by atoms with van der Waals surface area (Å²) in [6, 6.07) is 11.0. The lowest BCUT2D eigenvalue weighted by atomic mass is 10.3. The molecule has 4 nitrogen and oxygen atoms in total. The third-order valence-electron chi connectivity index (χ3n) is 2.33. The van der Waals surface area contributed by atoms with Gasteiger partial charge in [0, 0.05) is 0 Å². The number of halogens is 1. The standard InChI is InChI=1S/C13H14ClN3O/c1-2-18-11-6-4-3-5-10(11)16-13-9(15)7-8-12(14)17-13/h3-8H,2,15H2,1H3,(H,16,17). The van der Waals surface area contributed by atoms with E-state index in [1.807, 2.05) is 31.2 Å². The Balaban J connectivity index is 2.30. The molecule has 0 saturated heterocycles. The summed E-state index contributed by atoms with van der Waals surface area (Å²) in [5.41, 5.74) is 7.18. The van der Waals surface area contributed by atoms with E-state index in [0.717, 1.165) is 11.4 Å². The van der Waals surface area contributed by atoms with Gasteiger partial charge in [-0.2, -0.15) is 0 Å². The van der Waals surface area contributed by atoms with Crippen molar-refractivity contribution in [2.75, 3.05) is 17.7 Å². The topological polar surface area (TPSA) is 60.2 Å². The summed E-state index contributed by atoms with van der Waals surface area (Å²) in [7, 11) is 0. The van der Waals surface area contributed by atoms with Crippen molar-refractivity contribution >= 4 is 28.8 Å². The molecule has 94 valence electrons. The summed E-state index contributed by atoms with van der Waals surface area (Å²) < 4.78 is 5.52. The van der Waals surface area contributed by atoms with E-state index in [-0.39, 0.29) is 0 Å². The van der Waals surface area contributed by atoms with Crippen molar-refractivity contribution in [3.05, 3.63) is 41.6 Å². The van der Waals surface area contributed by atoms with Crippen LogP contribution in [0, 0.1) is 0 Å². The second-order valence-corrected chi connectivity index (χ2v) is 4.01. The molecule has 1 heterocycles. The maximum atomic E-state index is 5.85. The van der Waals surface area contributed by atoms with E-state index in [0.29, 0.717) is 23.3 Å². The van der Waals surface area contributed by atoms with Gasteiger partial charge in [0.1, 0.15) is 10.9 Å². The average Bonchev–Trinajstić information content (AvgIpc) is 2.36. The third kappa shape index (κ3) is 2.84. The molecule has 1 aromatic heterocycles. The number of nitrogens with one attached hydrogen (secondary N) is 1. The fourth-order valence-electron chi connectivity index (χ4n) is 1.53. The van der Waals surface area contributed by atoms with Crippen molar-refractivity contribution in [3.63, 3.8) is 0 Å². The Kier molecular flexibility index (Phi) is 3.89. The molecule has 3 N–H and O–H groups in total. The molecule has 0 aliphatic rings. The summed E-state index contributed by atoms with van der Waals surface area (Å²) in [6.45, 7) is 2.53. The lowest BCUT2D eigenvalue weighted by Crippen LogP contribution is -2.01. The first kappa shape index (κ1) is 12.5. The molecule has 0 unspecified atom stereocenters. The van der Waals surface area contributed by atoms with Crippen LogP contribution in [0.25, 0.3) is 0 Å². The molecule has 0 radical (unpaired) electrons. The Morgan fingerprint density at radius 3 is 2.83 bits per heavy atom. The normalized spacial score (nSPS) is 10.1. The molecule has 0 aliphatic carbocycles. The quantitative estimate of drug-likeness (QED) is 0.830. The Bertz CT molecular complexity index is 546. The monoisotopic (exact) mass is 263 g/mol. The first-order chi connectivity index (χ1) is 8.70. The Hall–Kier alpha value is -1.94. The highest BCUT2D eigenvalue weighted by molar-refractivity contribution is 6.29. The van der Waals surface area contributed by atoms with Gasteiger partial charge in [-0.15, -0.1) is 0 Å². The molecule has 0 amide bonds. The minimum absolute atomic E-state index is 0.389. The van der Waals surface area contributed by atoms with Crippen LogP contribution in [-0.2, 0) is 0 Å². The Morgan fingerprint density at radius 1 is 1.28 bits per heavy atom. The minimum atomic E-state index is 0.389. The van der Waals surface area contributed by atoms with Gasteiger partial charge in [-0.1, -0.05) is 23.7 Å². The van der Waals surface area contributed by atoms with Crippen molar-refractivity contribution in [1.29, 1.82) is 0 Å². The largest absolute Gasteiger partial charge is 0.492 e. The number of nitrogens with zero attached hydrogens (tertiary/aromatic N) is 1. The van der Waals surface area contributed by atoms with Crippen LogP contribution in [0.4, 0.5) is 17.2 Å². The van der Waals surface area contributed by atoms with Gasteiger partial charge < -0.3 is 15.8 Å². The lowest BCUT2D eigenvalue weighted by Gasteiger charge is -2.12. The van der Waals surface area contributed by atoms with Gasteiger partial charge in [-0.3, -0.25) is 0 Å². The smallest absolute Gasteiger partial charge is 0.155 e. The molecule has 1 aromatic carbocycles. The first-order valence-electron chi connectivity index (χ1n) is 5.61. The van der Waals surface area contributed by atoms with Gasteiger partial charge in [0.25, 0.3) is 0 Å². The molecule has 0 atom stereocenters. The summed E-state index contributed by atoms with van der Waals surface area (Å²) in [5, 5.41) is 3.51. The molecule has 2 rings (SSSR count). The number of ether oxygens (including phenoxy) is 1.